The Morgan fingerprint density at radius 1 is 0.861 bits per heavy atom. The van der Waals surface area contributed by atoms with Crippen molar-refractivity contribution in [2.24, 2.45) is 0 Å². The van der Waals surface area contributed by atoms with Gasteiger partial charge in [0.15, 0.2) is 5.82 Å². The molecule has 0 fully saturated rings. The molecule has 36 heavy (non-hydrogen) atoms. The van der Waals surface area contributed by atoms with Gasteiger partial charge < -0.3 is 9.88 Å². The molecule has 5 aromatic rings. The van der Waals surface area contributed by atoms with E-state index in [0.717, 1.165) is 22.3 Å². The molecule has 0 aliphatic carbocycles. The Morgan fingerprint density at radius 2 is 1.53 bits per heavy atom. The average molecular weight is 478 g/mol. The van der Waals surface area contributed by atoms with E-state index < -0.39 is 0 Å². The summed E-state index contributed by atoms with van der Waals surface area (Å²) in [6, 6.07) is 27.5. The van der Waals surface area contributed by atoms with Gasteiger partial charge in [0, 0.05) is 23.4 Å². The maximum atomic E-state index is 13.5. The van der Waals surface area contributed by atoms with Gasteiger partial charge in [-0.25, -0.2) is 0 Å². The largest absolute Gasteiger partial charge is 0.352 e. The summed E-state index contributed by atoms with van der Waals surface area (Å²) < 4.78 is 3.28. The molecule has 0 saturated carbocycles. The number of nitrogens with zero attached hydrogens (tertiary/aromatic N) is 4. The number of carbonyl (C=O) groups is 1. The molecule has 1 amide bonds. The third kappa shape index (κ3) is 4.81. The Hall–Kier alpha value is -4.52. The maximum Gasteiger partial charge on any atom is 0.279 e. The van der Waals surface area contributed by atoms with Crippen molar-refractivity contribution in [2.45, 2.75) is 33.4 Å². The van der Waals surface area contributed by atoms with Crippen LogP contribution in [0.4, 0.5) is 0 Å². The molecule has 2 heterocycles. The lowest BCUT2D eigenvalue weighted by Crippen LogP contribution is -2.32. The highest BCUT2D eigenvalue weighted by molar-refractivity contribution is 5.78. The summed E-state index contributed by atoms with van der Waals surface area (Å²) in [7, 11) is 0. The zero-order chi connectivity index (χ0) is 25.1. The van der Waals surface area contributed by atoms with Gasteiger partial charge in [-0.15, -0.1) is 5.10 Å². The van der Waals surface area contributed by atoms with Crippen LogP contribution in [0.15, 0.2) is 89.7 Å². The van der Waals surface area contributed by atoms with Crippen molar-refractivity contribution in [1.29, 1.82) is 0 Å². The molecular weight excluding hydrogens is 450 g/mol. The van der Waals surface area contributed by atoms with Crippen molar-refractivity contribution in [3.63, 3.8) is 0 Å². The van der Waals surface area contributed by atoms with Gasteiger partial charge in [-0.3, -0.25) is 9.59 Å². The molecule has 0 spiro atoms. The monoisotopic (exact) mass is 477 g/mol. The molecule has 0 radical (unpaired) electrons. The van der Waals surface area contributed by atoms with E-state index >= 15 is 0 Å². The molecule has 1 N–H and O–H groups in total. The molecule has 2 aromatic heterocycles. The van der Waals surface area contributed by atoms with Crippen molar-refractivity contribution in [3.05, 3.63) is 123 Å². The number of aromatic nitrogens is 4. The van der Waals surface area contributed by atoms with Crippen LogP contribution >= 0.6 is 0 Å². The fourth-order valence-electron chi connectivity index (χ4n) is 4.21. The second-order valence-electron chi connectivity index (χ2n) is 8.89. The fourth-order valence-corrected chi connectivity index (χ4v) is 4.21. The molecule has 180 valence electrons. The summed E-state index contributed by atoms with van der Waals surface area (Å²) in [4.78, 5) is 31.1. The van der Waals surface area contributed by atoms with Gasteiger partial charge in [0.2, 0.25) is 11.7 Å². The van der Waals surface area contributed by atoms with Crippen molar-refractivity contribution >= 4 is 11.7 Å². The second-order valence-corrected chi connectivity index (χ2v) is 8.89. The molecular formula is C29H27N5O2. The van der Waals surface area contributed by atoms with Gasteiger partial charge in [-0.1, -0.05) is 90.5 Å². The number of nitrogens with one attached hydrogen (secondary N) is 1. The number of hydrogen-bond donors (Lipinski definition) is 1. The smallest absolute Gasteiger partial charge is 0.279 e. The van der Waals surface area contributed by atoms with Crippen LogP contribution in [0.2, 0.25) is 0 Å². The van der Waals surface area contributed by atoms with Crippen LogP contribution < -0.4 is 10.9 Å². The quantitative estimate of drug-likeness (QED) is 0.383. The molecule has 0 unspecified atom stereocenters. The van der Waals surface area contributed by atoms with Crippen LogP contribution in [-0.4, -0.2) is 25.1 Å². The first-order chi connectivity index (χ1) is 17.5. The Morgan fingerprint density at radius 3 is 2.22 bits per heavy atom. The van der Waals surface area contributed by atoms with Crippen LogP contribution in [0.1, 0.15) is 27.9 Å². The SMILES string of the molecule is Cc1ccc(CNC(=O)Cc2c(C)n(Cc3ccccc3)c3nc(-c4ccccc4)nn3c2=O)cc1. The lowest BCUT2D eigenvalue weighted by Gasteiger charge is -2.15. The molecule has 0 saturated heterocycles. The molecule has 3 aromatic carbocycles. The van der Waals surface area contributed by atoms with Crippen molar-refractivity contribution in [2.75, 3.05) is 0 Å². The van der Waals surface area contributed by atoms with Gasteiger partial charge >= 0.3 is 0 Å². The molecule has 7 heteroatoms. The average Bonchev–Trinajstić information content (AvgIpc) is 3.36. The molecule has 7 nitrogen and oxygen atoms in total. The van der Waals surface area contributed by atoms with Crippen LogP contribution in [0, 0.1) is 13.8 Å². The molecule has 0 aliphatic rings. The normalized spacial score (nSPS) is 11.1. The number of hydrogen-bond acceptors (Lipinski definition) is 4. The highest BCUT2D eigenvalue weighted by Crippen LogP contribution is 2.18. The molecule has 0 bridgehead atoms. The van der Waals surface area contributed by atoms with E-state index in [4.69, 9.17) is 4.98 Å². The maximum absolute atomic E-state index is 13.5. The molecule has 5 rings (SSSR count). The van der Waals surface area contributed by atoms with E-state index in [1.165, 1.54) is 4.52 Å². The van der Waals surface area contributed by atoms with Crippen molar-refractivity contribution in [1.82, 2.24) is 24.5 Å². The standard InChI is InChI=1S/C29H27N5O2/c1-20-13-15-22(16-14-20)18-30-26(35)17-25-21(2)33(19-23-9-5-3-6-10-23)29-31-27(32-34(29)28(25)36)24-11-7-4-8-12-24/h3-16H,17-19H2,1-2H3,(H,30,35). The second kappa shape index (κ2) is 10.00. The van der Waals surface area contributed by atoms with Crippen molar-refractivity contribution in [3.8, 4) is 11.4 Å². The van der Waals surface area contributed by atoms with E-state index in [9.17, 15) is 9.59 Å². The highest BCUT2D eigenvalue weighted by Gasteiger charge is 2.20. The Labute approximate surface area is 209 Å². The van der Waals surface area contributed by atoms with Crippen molar-refractivity contribution < 1.29 is 4.79 Å². The first-order valence-electron chi connectivity index (χ1n) is 11.9. The topological polar surface area (TPSA) is 81.3 Å². The lowest BCUT2D eigenvalue weighted by molar-refractivity contribution is -0.120. The van der Waals surface area contributed by atoms with Crippen LogP contribution in [-0.2, 0) is 24.3 Å². The van der Waals surface area contributed by atoms with E-state index in [1.807, 2.05) is 103 Å². The van der Waals surface area contributed by atoms with E-state index in [-0.39, 0.29) is 17.9 Å². The third-order valence-corrected chi connectivity index (χ3v) is 6.29. The van der Waals surface area contributed by atoms with Gasteiger partial charge in [0.05, 0.1) is 13.0 Å². The first-order valence-corrected chi connectivity index (χ1v) is 11.9. The van der Waals surface area contributed by atoms with Gasteiger partial charge in [-0.2, -0.15) is 9.50 Å². The fraction of sp³-hybridized carbons (Fsp3) is 0.172. The summed E-state index contributed by atoms with van der Waals surface area (Å²) in [6.07, 6.45) is -0.0399. The highest BCUT2D eigenvalue weighted by atomic mass is 16.2. The number of amides is 1. The predicted octanol–water partition coefficient (Wildman–Crippen LogP) is 4.08. The predicted molar refractivity (Wildman–Crippen MR) is 140 cm³/mol. The number of aryl methyl sites for hydroxylation is 1. The van der Waals surface area contributed by atoms with Crippen LogP contribution in [0.25, 0.3) is 17.2 Å². The van der Waals surface area contributed by atoms with Crippen LogP contribution in [0.5, 0.6) is 0 Å². The third-order valence-electron chi connectivity index (χ3n) is 6.29. The van der Waals surface area contributed by atoms with E-state index in [0.29, 0.717) is 35.9 Å². The number of carbonyl (C=O) groups excluding carboxylic acids is 1. The summed E-state index contributed by atoms with van der Waals surface area (Å²) in [5.74, 6) is 0.698. The number of benzene rings is 3. The summed E-state index contributed by atoms with van der Waals surface area (Å²) >= 11 is 0. The summed E-state index contributed by atoms with van der Waals surface area (Å²) in [5, 5.41) is 7.47. The molecule has 0 atom stereocenters. The Balaban J connectivity index is 1.52. The van der Waals surface area contributed by atoms with E-state index in [1.54, 1.807) is 0 Å². The summed E-state index contributed by atoms with van der Waals surface area (Å²) in [6.45, 7) is 4.79. The Bertz CT molecular complexity index is 1570. The number of fused-ring (bicyclic) bond motifs is 1. The van der Waals surface area contributed by atoms with Gasteiger partial charge in [0.1, 0.15) is 0 Å². The minimum atomic E-state index is -0.327. The van der Waals surface area contributed by atoms with Crippen LogP contribution in [0.3, 0.4) is 0 Å². The molecule has 0 aliphatic heterocycles. The minimum Gasteiger partial charge on any atom is -0.352 e. The minimum absolute atomic E-state index is 0.0399. The zero-order valence-corrected chi connectivity index (χ0v) is 20.3. The first kappa shape index (κ1) is 23.2. The number of rotatable bonds is 7. The Kier molecular flexibility index (Phi) is 6.45. The van der Waals surface area contributed by atoms with E-state index in [2.05, 4.69) is 10.4 Å². The van der Waals surface area contributed by atoms with Gasteiger partial charge in [-0.05, 0) is 25.0 Å². The summed E-state index contributed by atoms with van der Waals surface area (Å²) in [5.41, 5.74) is 4.83. The lowest BCUT2D eigenvalue weighted by atomic mass is 10.1. The zero-order valence-electron chi connectivity index (χ0n) is 20.3. The van der Waals surface area contributed by atoms with Gasteiger partial charge in [0.25, 0.3) is 5.56 Å².